The molecule has 1 saturated heterocycles. The maximum Gasteiger partial charge on any atom is 0.246 e. The molecule has 0 saturated carbocycles. The minimum absolute atomic E-state index is 0.597. The Kier molecular flexibility index (Phi) is 1.62. The molecule has 0 aliphatic carbocycles. The third kappa shape index (κ3) is 1.43. The van der Waals surface area contributed by atoms with Crippen molar-refractivity contribution in [2.75, 3.05) is 19.6 Å². The van der Waals surface area contributed by atoms with E-state index < -0.39 is 0 Å². The van der Waals surface area contributed by atoms with Gasteiger partial charge in [0.05, 0.1) is 18.3 Å². The Bertz CT molecular complexity index is 51.7. The standard InChI is InChI=1S/C4H8N2O/c7-6-3-1-5-2-4-6/h3,5H,1-2,4H2/q+1. The van der Waals surface area contributed by atoms with Gasteiger partial charge in [0.15, 0.2) is 6.54 Å². The van der Waals surface area contributed by atoms with Crippen molar-refractivity contribution in [1.29, 1.82) is 0 Å². The van der Waals surface area contributed by atoms with Crippen LogP contribution in [0, 0.1) is 6.54 Å². The van der Waals surface area contributed by atoms with Crippen LogP contribution in [-0.4, -0.2) is 19.6 Å². The zero-order chi connectivity index (χ0) is 5.11. The summed E-state index contributed by atoms with van der Waals surface area (Å²) in [5, 5.41) is 14.3. The number of hydroxylamine groups is 2. The van der Waals surface area contributed by atoms with E-state index in [1.165, 1.54) is 0 Å². The Morgan fingerprint density at radius 1 is 1.71 bits per heavy atom. The van der Waals surface area contributed by atoms with Crippen molar-refractivity contribution in [3.8, 4) is 0 Å². The van der Waals surface area contributed by atoms with Gasteiger partial charge in [0.25, 0.3) is 0 Å². The molecule has 0 amide bonds. The Hall–Kier alpha value is -0.120. The molecule has 1 aliphatic heterocycles. The van der Waals surface area contributed by atoms with Crippen molar-refractivity contribution in [2.24, 2.45) is 0 Å². The Labute approximate surface area is 42.9 Å². The molecule has 39 valence electrons. The van der Waals surface area contributed by atoms with Crippen molar-refractivity contribution in [3.63, 3.8) is 0 Å². The van der Waals surface area contributed by atoms with E-state index in [4.69, 9.17) is 0 Å². The molecule has 1 rings (SSSR count). The molecule has 0 atom stereocenters. The summed E-state index contributed by atoms with van der Waals surface area (Å²) in [6.45, 7) is 3.74. The van der Waals surface area contributed by atoms with Crippen LogP contribution in [0.4, 0.5) is 0 Å². The van der Waals surface area contributed by atoms with Crippen LogP contribution in [0.25, 0.3) is 0 Å². The highest BCUT2D eigenvalue weighted by Crippen LogP contribution is 1.85. The second-order valence-corrected chi connectivity index (χ2v) is 1.53. The molecule has 0 aromatic carbocycles. The van der Waals surface area contributed by atoms with E-state index in [9.17, 15) is 5.21 Å². The van der Waals surface area contributed by atoms with Crippen LogP contribution in [0.3, 0.4) is 0 Å². The number of nitrogens with zero attached hydrogens (tertiary/aromatic N) is 1. The average molecular weight is 100 g/mol. The molecule has 1 N–H and O–H groups in total. The first-order valence-electron chi connectivity index (χ1n) is 2.37. The van der Waals surface area contributed by atoms with Crippen LogP contribution < -0.4 is 10.4 Å². The lowest BCUT2D eigenvalue weighted by molar-refractivity contribution is -0.0413. The zero-order valence-electron chi connectivity index (χ0n) is 4.05. The highest BCUT2D eigenvalue weighted by atomic mass is 16.5. The van der Waals surface area contributed by atoms with Crippen molar-refractivity contribution < 1.29 is 5.21 Å². The summed E-state index contributed by atoms with van der Waals surface area (Å²) in [4.78, 5) is 0. The van der Waals surface area contributed by atoms with Gasteiger partial charge >= 0.3 is 0 Å². The van der Waals surface area contributed by atoms with Gasteiger partial charge in [-0.05, 0) is 0 Å². The maximum absolute atomic E-state index is 10.3. The largest absolute Gasteiger partial charge is 0.305 e. The minimum atomic E-state index is 0.597. The molecule has 3 heteroatoms. The van der Waals surface area contributed by atoms with E-state index in [-0.39, 0.29) is 0 Å². The first kappa shape index (κ1) is 5.03. The Morgan fingerprint density at radius 3 is 2.86 bits per heavy atom. The lowest BCUT2D eigenvalue weighted by atomic mass is 10.4. The Balaban J connectivity index is 2.12. The van der Waals surface area contributed by atoms with E-state index in [1.807, 2.05) is 0 Å². The van der Waals surface area contributed by atoms with Crippen LogP contribution >= 0.6 is 0 Å². The van der Waals surface area contributed by atoms with E-state index in [0.29, 0.717) is 6.54 Å². The van der Waals surface area contributed by atoms with Crippen molar-refractivity contribution >= 4 is 0 Å². The zero-order valence-corrected chi connectivity index (χ0v) is 4.05. The number of nitrogens with one attached hydrogen (secondary N) is 1. The third-order valence-electron chi connectivity index (χ3n) is 0.948. The maximum atomic E-state index is 10.3. The molecular formula is C4H8N2O+. The highest BCUT2D eigenvalue weighted by molar-refractivity contribution is 4.74. The molecule has 0 spiro atoms. The topological polar surface area (TPSA) is 37.8 Å². The lowest BCUT2D eigenvalue weighted by Gasteiger charge is -2.05. The molecule has 0 aromatic heterocycles. The van der Waals surface area contributed by atoms with Gasteiger partial charge in [-0.25, -0.2) is 0 Å². The quantitative estimate of drug-likeness (QED) is 0.399. The summed E-state index contributed by atoms with van der Waals surface area (Å²) in [6.07, 6.45) is 0. The predicted octanol–water partition coefficient (Wildman–Crippen LogP) is -0.763. The first-order chi connectivity index (χ1) is 3.39. The predicted molar refractivity (Wildman–Crippen MR) is 24.9 cm³/mol. The van der Waals surface area contributed by atoms with E-state index >= 15 is 0 Å². The Morgan fingerprint density at radius 2 is 2.57 bits per heavy atom. The lowest BCUT2D eigenvalue weighted by Crippen LogP contribution is -2.40. The monoisotopic (exact) mass is 100 g/mol. The van der Waals surface area contributed by atoms with Gasteiger partial charge in [-0.2, -0.15) is 0 Å². The fourth-order valence-electron chi connectivity index (χ4n) is 0.549. The summed E-state index contributed by atoms with van der Waals surface area (Å²) < 4.78 is 0. The fraction of sp³-hybridized carbons (Fsp3) is 0.750. The van der Waals surface area contributed by atoms with Gasteiger partial charge in [0, 0.05) is 5.06 Å². The molecule has 0 bridgehead atoms. The molecular weight excluding hydrogens is 92.1 g/mol. The summed E-state index contributed by atoms with van der Waals surface area (Å²) >= 11 is 0. The van der Waals surface area contributed by atoms with Crippen molar-refractivity contribution in [3.05, 3.63) is 6.54 Å². The fourth-order valence-corrected chi connectivity index (χ4v) is 0.549. The molecule has 0 aromatic rings. The van der Waals surface area contributed by atoms with E-state index in [2.05, 4.69) is 5.32 Å². The van der Waals surface area contributed by atoms with Crippen molar-refractivity contribution in [2.45, 2.75) is 0 Å². The van der Waals surface area contributed by atoms with Gasteiger partial charge in [-0.3, -0.25) is 0 Å². The van der Waals surface area contributed by atoms with Gasteiger partial charge in [0.2, 0.25) is 6.54 Å². The molecule has 3 nitrogen and oxygen atoms in total. The van der Waals surface area contributed by atoms with Gasteiger partial charge < -0.3 is 5.32 Å². The smallest absolute Gasteiger partial charge is 0.246 e. The van der Waals surface area contributed by atoms with Crippen LogP contribution in [0.15, 0.2) is 0 Å². The summed E-state index contributed by atoms with van der Waals surface area (Å²) in [7, 11) is 0. The van der Waals surface area contributed by atoms with Crippen LogP contribution in [0.2, 0.25) is 0 Å². The first-order valence-corrected chi connectivity index (χ1v) is 2.37. The molecule has 7 heavy (non-hydrogen) atoms. The number of hydrogen-bond donors (Lipinski definition) is 1. The van der Waals surface area contributed by atoms with Gasteiger partial charge in [-0.1, -0.05) is 0 Å². The summed E-state index contributed by atoms with van der Waals surface area (Å²) in [6, 6.07) is 0. The van der Waals surface area contributed by atoms with Crippen LogP contribution in [0.1, 0.15) is 0 Å². The average Bonchev–Trinajstić information content (AvgIpc) is 1.69. The van der Waals surface area contributed by atoms with Crippen LogP contribution in [-0.2, 0) is 5.21 Å². The number of hydrogen-bond acceptors (Lipinski definition) is 2. The van der Waals surface area contributed by atoms with E-state index in [1.54, 1.807) is 6.54 Å². The SMILES string of the molecule is [O][N+]1[CH]CNCC1. The molecule has 3 radical (unpaired) electrons. The van der Waals surface area contributed by atoms with Crippen molar-refractivity contribution in [1.82, 2.24) is 10.4 Å². The van der Waals surface area contributed by atoms with Crippen LogP contribution in [0.5, 0.6) is 0 Å². The van der Waals surface area contributed by atoms with E-state index in [0.717, 1.165) is 18.2 Å². The third-order valence-corrected chi connectivity index (χ3v) is 0.948. The second-order valence-electron chi connectivity index (χ2n) is 1.53. The van der Waals surface area contributed by atoms with Gasteiger partial charge in [0.1, 0.15) is 0 Å². The summed E-state index contributed by atoms with van der Waals surface area (Å²) in [5.41, 5.74) is 0. The molecule has 1 fully saturated rings. The molecule has 0 unspecified atom stereocenters. The molecule has 1 heterocycles. The summed E-state index contributed by atoms with van der Waals surface area (Å²) in [5.74, 6) is 0. The minimum Gasteiger partial charge on any atom is -0.305 e. The number of piperazine rings is 1. The number of rotatable bonds is 0. The van der Waals surface area contributed by atoms with Gasteiger partial charge in [-0.15, -0.1) is 0 Å². The molecule has 1 aliphatic rings. The normalized spacial score (nSPS) is 25.3. The second kappa shape index (κ2) is 2.26. The highest BCUT2D eigenvalue weighted by Gasteiger charge is 2.18.